The molecule has 0 bridgehead atoms. The first-order valence-electron chi connectivity index (χ1n) is 3.37. The van der Waals surface area contributed by atoms with E-state index in [9.17, 15) is 17.6 Å². The third-order valence-electron chi connectivity index (χ3n) is 1.50. The van der Waals surface area contributed by atoms with Crippen LogP contribution in [0.5, 0.6) is 0 Å². The van der Waals surface area contributed by atoms with E-state index >= 15 is 0 Å². The second kappa shape index (κ2) is 4.25. The van der Waals surface area contributed by atoms with E-state index in [0.29, 0.717) is 6.07 Å². The van der Waals surface area contributed by atoms with Crippen LogP contribution in [-0.2, 0) is 9.05 Å². The van der Waals surface area contributed by atoms with Gasteiger partial charge in [-0.1, -0.05) is 11.6 Å². The summed E-state index contributed by atoms with van der Waals surface area (Å²) in [5.74, 6) is -1.08. The first-order chi connectivity index (χ1) is 6.73. The summed E-state index contributed by atoms with van der Waals surface area (Å²) >= 11 is 10.5. The topological polar surface area (TPSA) is 51.2 Å². The number of hydrogen-bond acceptors (Lipinski definition) is 3. The molecule has 0 radical (unpaired) electrons. The Labute approximate surface area is 99.2 Å². The molecule has 3 nitrogen and oxygen atoms in total. The maximum atomic E-state index is 13.1. The van der Waals surface area contributed by atoms with E-state index < -0.39 is 35.6 Å². The highest BCUT2D eigenvalue weighted by Crippen LogP contribution is 2.27. The van der Waals surface area contributed by atoms with Gasteiger partial charge < -0.3 is 0 Å². The quantitative estimate of drug-likeness (QED) is 0.787. The highest BCUT2D eigenvalue weighted by Gasteiger charge is 2.19. The van der Waals surface area contributed by atoms with Crippen molar-refractivity contribution in [2.24, 2.45) is 0 Å². The lowest BCUT2D eigenvalue weighted by Gasteiger charge is -2.02. The van der Waals surface area contributed by atoms with Crippen LogP contribution in [0.2, 0.25) is 5.02 Å². The molecule has 1 aromatic carbocycles. The van der Waals surface area contributed by atoms with Crippen molar-refractivity contribution in [3.05, 3.63) is 28.5 Å². The van der Waals surface area contributed by atoms with Gasteiger partial charge in [0.1, 0.15) is 5.82 Å². The van der Waals surface area contributed by atoms with Crippen molar-refractivity contribution in [2.75, 3.05) is 0 Å². The molecule has 0 aliphatic carbocycles. The maximum absolute atomic E-state index is 13.1. The Hall–Kier alpha value is -0.360. The molecule has 0 heterocycles. The van der Waals surface area contributed by atoms with Crippen molar-refractivity contribution in [3.8, 4) is 0 Å². The highest BCUT2D eigenvalue weighted by atomic mass is 35.7. The van der Waals surface area contributed by atoms with Crippen LogP contribution >= 0.6 is 33.9 Å². The predicted molar refractivity (Wildman–Crippen MR) is 54.6 cm³/mol. The van der Waals surface area contributed by atoms with Crippen molar-refractivity contribution in [3.63, 3.8) is 0 Å². The fraction of sp³-hybridized carbons (Fsp3) is 0. The Bertz CT molecular complexity index is 527. The third-order valence-corrected chi connectivity index (χ3v) is 3.42. The van der Waals surface area contributed by atoms with E-state index in [1.165, 1.54) is 0 Å². The van der Waals surface area contributed by atoms with Gasteiger partial charge >= 0.3 is 0 Å². The normalized spacial score (nSPS) is 11.5. The summed E-state index contributed by atoms with van der Waals surface area (Å²) in [7, 11) is 0.832. The SMILES string of the molecule is O=C(Cl)c1cc(S(=O)(=O)Cl)cc(F)c1Cl. The van der Waals surface area contributed by atoms with E-state index in [1.54, 1.807) is 0 Å². The second-order valence-electron chi connectivity index (χ2n) is 2.48. The molecule has 0 aromatic heterocycles. The number of carbonyl (C=O) groups excluding carboxylic acids is 1. The number of hydrogen-bond donors (Lipinski definition) is 0. The van der Waals surface area contributed by atoms with E-state index in [4.69, 9.17) is 33.9 Å². The molecule has 0 saturated heterocycles. The molecule has 0 fully saturated rings. The summed E-state index contributed by atoms with van der Waals surface area (Å²) in [6.45, 7) is 0. The van der Waals surface area contributed by atoms with E-state index in [-0.39, 0.29) is 0 Å². The van der Waals surface area contributed by atoms with Crippen LogP contribution in [0.3, 0.4) is 0 Å². The first kappa shape index (κ1) is 12.7. The summed E-state index contributed by atoms with van der Waals surface area (Å²) in [5, 5.41) is -1.61. The van der Waals surface area contributed by atoms with Gasteiger partial charge in [-0.05, 0) is 23.7 Å². The van der Waals surface area contributed by atoms with E-state index in [2.05, 4.69) is 0 Å². The van der Waals surface area contributed by atoms with Gasteiger partial charge in [-0.3, -0.25) is 4.79 Å². The zero-order chi connectivity index (χ0) is 11.8. The average Bonchev–Trinajstić information content (AvgIpc) is 2.06. The van der Waals surface area contributed by atoms with Gasteiger partial charge in [0.15, 0.2) is 0 Å². The number of benzene rings is 1. The monoisotopic (exact) mass is 290 g/mol. The molecule has 0 saturated carbocycles. The molecule has 8 heteroatoms. The molecule has 0 aliphatic rings. The predicted octanol–water partition coefficient (Wildman–Crippen LogP) is 2.79. The van der Waals surface area contributed by atoms with Crippen molar-refractivity contribution >= 4 is 48.2 Å². The Morgan fingerprint density at radius 2 is 1.87 bits per heavy atom. The largest absolute Gasteiger partial charge is 0.276 e. The maximum Gasteiger partial charge on any atom is 0.261 e. The fourth-order valence-electron chi connectivity index (χ4n) is 0.848. The van der Waals surface area contributed by atoms with Gasteiger partial charge in [0.05, 0.1) is 15.5 Å². The van der Waals surface area contributed by atoms with Gasteiger partial charge in [-0.25, -0.2) is 12.8 Å². The van der Waals surface area contributed by atoms with Gasteiger partial charge in [0, 0.05) is 10.7 Å². The molecule has 1 rings (SSSR count). The molecule has 0 spiro atoms. The molecule has 0 unspecified atom stereocenters. The van der Waals surface area contributed by atoms with Crippen LogP contribution in [0.4, 0.5) is 4.39 Å². The van der Waals surface area contributed by atoms with E-state index in [0.717, 1.165) is 6.07 Å². The van der Waals surface area contributed by atoms with Crippen LogP contribution in [0.25, 0.3) is 0 Å². The van der Waals surface area contributed by atoms with Crippen molar-refractivity contribution < 1.29 is 17.6 Å². The smallest absolute Gasteiger partial charge is 0.261 e. The lowest BCUT2D eigenvalue weighted by molar-refractivity contribution is 0.108. The zero-order valence-corrected chi connectivity index (χ0v) is 9.88. The first-order valence-corrected chi connectivity index (χ1v) is 6.43. The summed E-state index contributed by atoms with van der Waals surface area (Å²) in [6.07, 6.45) is 0. The number of halogens is 4. The van der Waals surface area contributed by atoms with Gasteiger partial charge in [-0.15, -0.1) is 0 Å². The molecule has 0 amide bonds. The molecule has 0 aliphatic heterocycles. The van der Waals surface area contributed by atoms with Crippen LogP contribution in [0.1, 0.15) is 10.4 Å². The Morgan fingerprint density at radius 1 is 1.33 bits per heavy atom. The zero-order valence-electron chi connectivity index (χ0n) is 6.80. The van der Waals surface area contributed by atoms with Crippen LogP contribution < -0.4 is 0 Å². The lowest BCUT2D eigenvalue weighted by atomic mass is 10.2. The second-order valence-corrected chi connectivity index (χ2v) is 5.77. The molecule has 0 atom stereocenters. The van der Waals surface area contributed by atoms with Crippen LogP contribution in [0.15, 0.2) is 17.0 Å². The van der Waals surface area contributed by atoms with Crippen molar-refractivity contribution in [1.29, 1.82) is 0 Å². The molecule has 82 valence electrons. The minimum Gasteiger partial charge on any atom is -0.276 e. The average molecular weight is 292 g/mol. The summed E-state index contributed by atoms with van der Waals surface area (Å²) in [4.78, 5) is 10.2. The van der Waals surface area contributed by atoms with E-state index in [1.807, 2.05) is 0 Å². The summed E-state index contributed by atoms with van der Waals surface area (Å²) < 4.78 is 34.8. The van der Waals surface area contributed by atoms with Crippen LogP contribution in [-0.4, -0.2) is 13.7 Å². The fourth-order valence-corrected chi connectivity index (χ4v) is 2.01. The Balaban J connectivity index is 3.57. The summed E-state index contributed by atoms with van der Waals surface area (Å²) in [5.41, 5.74) is -0.447. The van der Waals surface area contributed by atoms with Gasteiger partial charge in [0.25, 0.3) is 14.3 Å². The minimum atomic E-state index is -4.14. The molecule has 15 heavy (non-hydrogen) atoms. The minimum absolute atomic E-state index is 0.447. The summed E-state index contributed by atoms with van der Waals surface area (Å²) in [6, 6.07) is 1.41. The number of rotatable bonds is 2. The molecule has 0 N–H and O–H groups in total. The Kier molecular flexibility index (Phi) is 3.60. The van der Waals surface area contributed by atoms with Gasteiger partial charge in [-0.2, -0.15) is 0 Å². The van der Waals surface area contributed by atoms with Crippen LogP contribution in [0, 0.1) is 5.82 Å². The molecule has 1 aromatic rings. The molecular formula is C7H2Cl3FO3S. The highest BCUT2D eigenvalue weighted by molar-refractivity contribution is 8.13. The lowest BCUT2D eigenvalue weighted by Crippen LogP contribution is -1.99. The van der Waals surface area contributed by atoms with Crippen molar-refractivity contribution in [1.82, 2.24) is 0 Å². The van der Waals surface area contributed by atoms with Crippen molar-refractivity contribution in [2.45, 2.75) is 4.90 Å². The molecular weight excluding hydrogens is 289 g/mol. The standard InChI is InChI=1S/C7H2Cl3FO3S/c8-6-4(7(9)12)1-3(2-5(6)11)15(10,13)14/h1-2H. The Morgan fingerprint density at radius 3 is 2.27 bits per heavy atom. The third kappa shape index (κ3) is 2.81. The number of carbonyl (C=O) groups is 1. The van der Waals surface area contributed by atoms with Gasteiger partial charge in [0.2, 0.25) is 0 Å².